The third-order valence-corrected chi connectivity index (χ3v) is 2.58. The van der Waals surface area contributed by atoms with Crippen molar-refractivity contribution >= 4 is 23.4 Å². The fourth-order valence-corrected chi connectivity index (χ4v) is 1.53. The van der Waals surface area contributed by atoms with Crippen LogP contribution in [0, 0.1) is 16.0 Å². The highest BCUT2D eigenvalue weighted by molar-refractivity contribution is 5.89. The van der Waals surface area contributed by atoms with Crippen molar-refractivity contribution in [2.45, 2.75) is 19.9 Å². The van der Waals surface area contributed by atoms with Crippen molar-refractivity contribution in [3.8, 4) is 0 Å². The van der Waals surface area contributed by atoms with Crippen LogP contribution in [-0.2, 0) is 4.79 Å². The summed E-state index contributed by atoms with van der Waals surface area (Å²) in [6, 6.07) is 0.0210. The number of carboxylic acids is 1. The molecule has 108 valence electrons. The van der Waals surface area contributed by atoms with Gasteiger partial charge >= 0.3 is 11.7 Å². The van der Waals surface area contributed by atoms with Crippen molar-refractivity contribution in [3.05, 3.63) is 27.9 Å². The van der Waals surface area contributed by atoms with E-state index in [4.69, 9.17) is 10.8 Å². The first-order valence-corrected chi connectivity index (χ1v) is 5.67. The number of pyridine rings is 1. The van der Waals surface area contributed by atoms with Crippen LogP contribution in [0.15, 0.2) is 12.3 Å². The molecule has 9 heteroatoms. The molecule has 1 aromatic heterocycles. The second kappa shape index (κ2) is 5.95. The summed E-state index contributed by atoms with van der Waals surface area (Å²) in [5.41, 5.74) is 4.35. The number of anilines is 1. The Balaban J connectivity index is 3.20. The van der Waals surface area contributed by atoms with E-state index < -0.39 is 28.5 Å². The molecule has 0 aromatic carbocycles. The zero-order valence-corrected chi connectivity index (χ0v) is 10.9. The van der Waals surface area contributed by atoms with Gasteiger partial charge in [0.15, 0.2) is 0 Å². The molecule has 0 spiro atoms. The number of hydrogen-bond acceptors (Lipinski definition) is 6. The van der Waals surface area contributed by atoms with Gasteiger partial charge in [0.2, 0.25) is 11.7 Å². The van der Waals surface area contributed by atoms with Crippen molar-refractivity contribution in [2.24, 2.45) is 11.7 Å². The molecular weight excluding hydrogens is 268 g/mol. The minimum atomic E-state index is -1.33. The van der Waals surface area contributed by atoms with Crippen molar-refractivity contribution in [1.29, 1.82) is 0 Å². The van der Waals surface area contributed by atoms with Gasteiger partial charge in [-0.2, -0.15) is 0 Å². The number of nitrogens with two attached hydrogens (primary N) is 1. The third-order valence-electron chi connectivity index (χ3n) is 2.58. The van der Waals surface area contributed by atoms with E-state index in [1.165, 1.54) is 0 Å². The second-order valence-corrected chi connectivity index (χ2v) is 4.42. The van der Waals surface area contributed by atoms with Crippen LogP contribution in [0.2, 0.25) is 0 Å². The number of aromatic nitrogens is 1. The molecular formula is C11H14N4O5. The van der Waals surface area contributed by atoms with Crippen molar-refractivity contribution < 1.29 is 19.6 Å². The van der Waals surface area contributed by atoms with E-state index in [0.717, 1.165) is 12.3 Å². The number of carbonyl (C=O) groups excluding carboxylic acids is 1. The lowest BCUT2D eigenvalue weighted by Gasteiger charge is -2.19. The molecule has 1 amide bonds. The van der Waals surface area contributed by atoms with Gasteiger partial charge in [-0.1, -0.05) is 13.8 Å². The lowest BCUT2D eigenvalue weighted by molar-refractivity contribution is -0.384. The maximum atomic E-state index is 11.3. The molecule has 0 bridgehead atoms. The number of nitrogens with one attached hydrogen (secondary N) is 1. The van der Waals surface area contributed by atoms with Gasteiger partial charge in [-0.3, -0.25) is 14.9 Å². The highest BCUT2D eigenvalue weighted by Crippen LogP contribution is 2.24. The maximum Gasteiger partial charge on any atom is 0.337 e. The molecule has 0 aliphatic rings. The predicted molar refractivity (Wildman–Crippen MR) is 69.3 cm³/mol. The summed E-state index contributed by atoms with van der Waals surface area (Å²) in [6.07, 6.45) is 0.968. The summed E-state index contributed by atoms with van der Waals surface area (Å²) in [4.78, 5) is 35.9. The fourth-order valence-electron chi connectivity index (χ4n) is 1.53. The van der Waals surface area contributed by atoms with Gasteiger partial charge in [0, 0.05) is 12.3 Å². The predicted octanol–water partition coefficient (Wildman–Crippen LogP) is 0.610. The minimum absolute atomic E-state index is 0.197. The van der Waals surface area contributed by atoms with Gasteiger partial charge in [0.25, 0.3) is 0 Å². The van der Waals surface area contributed by atoms with E-state index in [1.54, 1.807) is 13.8 Å². The summed E-state index contributed by atoms with van der Waals surface area (Å²) in [7, 11) is 0. The maximum absolute atomic E-state index is 11.3. The van der Waals surface area contributed by atoms with Crippen LogP contribution >= 0.6 is 0 Å². The molecule has 1 unspecified atom stereocenters. The average molecular weight is 282 g/mol. The number of rotatable bonds is 6. The first kappa shape index (κ1) is 15.3. The molecule has 0 radical (unpaired) electrons. The van der Waals surface area contributed by atoms with Crippen LogP contribution in [0.4, 0.5) is 11.5 Å². The normalized spacial score (nSPS) is 11.9. The summed E-state index contributed by atoms with van der Waals surface area (Å²) in [5, 5.41) is 22.3. The zero-order valence-electron chi connectivity index (χ0n) is 10.9. The van der Waals surface area contributed by atoms with E-state index >= 15 is 0 Å². The summed E-state index contributed by atoms with van der Waals surface area (Å²) in [6.45, 7) is 3.42. The van der Waals surface area contributed by atoms with Crippen LogP contribution in [0.5, 0.6) is 0 Å². The Morgan fingerprint density at radius 3 is 2.50 bits per heavy atom. The van der Waals surface area contributed by atoms with E-state index in [-0.39, 0.29) is 17.3 Å². The third kappa shape index (κ3) is 3.40. The lowest BCUT2D eigenvalue weighted by atomic mass is 10.0. The Morgan fingerprint density at radius 1 is 1.50 bits per heavy atom. The van der Waals surface area contributed by atoms with Gasteiger partial charge in [-0.25, -0.2) is 9.78 Å². The van der Waals surface area contributed by atoms with Crippen molar-refractivity contribution in [2.75, 3.05) is 5.32 Å². The molecule has 4 N–H and O–H groups in total. The molecule has 1 aromatic rings. The standard InChI is InChI=1S/C11H14N4O5/c1-5(2)8(9(12)16)14-10-7(15(19)20)3-6(4-13-10)11(17)18/h3-5,8H,1-2H3,(H2,12,16)(H,13,14)(H,17,18). The highest BCUT2D eigenvalue weighted by atomic mass is 16.6. The Hall–Kier alpha value is -2.71. The molecule has 1 heterocycles. The Labute approximate surface area is 114 Å². The summed E-state index contributed by atoms with van der Waals surface area (Å²) < 4.78 is 0. The Bertz CT molecular complexity index is 558. The van der Waals surface area contributed by atoms with Crippen molar-refractivity contribution in [3.63, 3.8) is 0 Å². The molecule has 0 aliphatic carbocycles. The van der Waals surface area contributed by atoms with Gasteiger partial charge in [-0.05, 0) is 5.92 Å². The number of carboxylic acid groups (broad SMARTS) is 1. The largest absolute Gasteiger partial charge is 0.478 e. The van der Waals surface area contributed by atoms with E-state index in [1.807, 2.05) is 0 Å². The molecule has 0 saturated carbocycles. The smallest absolute Gasteiger partial charge is 0.337 e. The molecule has 20 heavy (non-hydrogen) atoms. The molecule has 9 nitrogen and oxygen atoms in total. The van der Waals surface area contributed by atoms with Crippen LogP contribution in [0.1, 0.15) is 24.2 Å². The SMILES string of the molecule is CC(C)C(Nc1ncc(C(=O)O)cc1[N+](=O)[O-])C(N)=O. The number of carbonyl (C=O) groups is 2. The van der Waals surface area contributed by atoms with Crippen LogP contribution in [-0.4, -0.2) is 32.9 Å². The number of aromatic carboxylic acids is 1. The summed E-state index contributed by atoms with van der Waals surface area (Å²) >= 11 is 0. The van der Waals surface area contributed by atoms with Crippen LogP contribution in [0.25, 0.3) is 0 Å². The van der Waals surface area contributed by atoms with E-state index in [0.29, 0.717) is 0 Å². The Kier molecular flexibility index (Phi) is 4.57. The van der Waals surface area contributed by atoms with Crippen molar-refractivity contribution in [1.82, 2.24) is 4.98 Å². The van der Waals surface area contributed by atoms with Gasteiger partial charge in [-0.15, -0.1) is 0 Å². The monoisotopic (exact) mass is 282 g/mol. The highest BCUT2D eigenvalue weighted by Gasteiger charge is 2.25. The number of primary amides is 1. The van der Waals surface area contributed by atoms with Gasteiger partial charge in [0.1, 0.15) is 6.04 Å². The molecule has 0 aliphatic heterocycles. The first-order chi connectivity index (χ1) is 9.23. The number of hydrogen-bond donors (Lipinski definition) is 3. The topological polar surface area (TPSA) is 148 Å². The first-order valence-electron chi connectivity index (χ1n) is 5.67. The van der Waals surface area contributed by atoms with Crippen LogP contribution in [0.3, 0.4) is 0 Å². The second-order valence-electron chi connectivity index (χ2n) is 4.42. The quantitative estimate of drug-likeness (QED) is 0.511. The molecule has 1 atom stereocenters. The zero-order chi connectivity index (χ0) is 15.4. The van der Waals surface area contributed by atoms with Gasteiger partial charge in [0.05, 0.1) is 10.5 Å². The summed E-state index contributed by atoms with van der Waals surface area (Å²) in [5.74, 6) is -2.42. The van der Waals surface area contributed by atoms with Crippen LogP contribution < -0.4 is 11.1 Å². The molecule has 1 rings (SSSR count). The lowest BCUT2D eigenvalue weighted by Crippen LogP contribution is -2.39. The molecule has 0 saturated heterocycles. The Morgan fingerprint density at radius 2 is 2.10 bits per heavy atom. The number of nitro groups is 1. The minimum Gasteiger partial charge on any atom is -0.478 e. The van der Waals surface area contributed by atoms with E-state index in [9.17, 15) is 19.7 Å². The van der Waals surface area contributed by atoms with Gasteiger partial charge < -0.3 is 16.2 Å². The fraction of sp³-hybridized carbons (Fsp3) is 0.364. The van der Waals surface area contributed by atoms with E-state index in [2.05, 4.69) is 10.3 Å². The molecule has 0 fully saturated rings. The number of nitrogens with zero attached hydrogens (tertiary/aromatic N) is 2. The average Bonchev–Trinajstić information content (AvgIpc) is 2.34. The number of amides is 1.